The van der Waals surface area contributed by atoms with Gasteiger partial charge < -0.3 is 15.2 Å². The van der Waals surface area contributed by atoms with E-state index in [1.807, 2.05) is 48.7 Å². The molecule has 0 spiro atoms. The maximum atomic E-state index is 12.7. The molecule has 0 saturated carbocycles. The van der Waals surface area contributed by atoms with Gasteiger partial charge in [0, 0.05) is 22.3 Å². The molecule has 4 aromatic rings. The Morgan fingerprint density at radius 3 is 2.47 bits per heavy atom. The Morgan fingerprint density at radius 1 is 0.971 bits per heavy atom. The first-order chi connectivity index (χ1) is 16.5. The second-order valence-corrected chi connectivity index (χ2v) is 7.97. The molecule has 0 radical (unpaired) electrons. The van der Waals surface area contributed by atoms with Gasteiger partial charge in [-0.3, -0.25) is 9.59 Å². The SMILES string of the molecule is NC(=O)COc1cccc(COC(=O)Cc2cn(-c3ccccc3)nc2-c2ccc(Cl)cc2)c1. The molecule has 2 N–H and O–H groups in total. The smallest absolute Gasteiger partial charge is 0.310 e. The van der Waals surface area contributed by atoms with E-state index in [0.29, 0.717) is 16.5 Å². The predicted molar refractivity (Wildman–Crippen MR) is 129 cm³/mol. The summed E-state index contributed by atoms with van der Waals surface area (Å²) in [5.41, 5.74) is 8.97. The van der Waals surface area contributed by atoms with E-state index >= 15 is 0 Å². The van der Waals surface area contributed by atoms with Crippen molar-refractivity contribution in [3.63, 3.8) is 0 Å². The number of halogens is 1. The van der Waals surface area contributed by atoms with Gasteiger partial charge >= 0.3 is 5.97 Å². The van der Waals surface area contributed by atoms with Crippen LogP contribution < -0.4 is 10.5 Å². The Hall–Kier alpha value is -4.10. The van der Waals surface area contributed by atoms with Crippen LogP contribution in [0.25, 0.3) is 16.9 Å². The molecule has 7 nitrogen and oxygen atoms in total. The highest BCUT2D eigenvalue weighted by Gasteiger charge is 2.16. The molecule has 0 atom stereocenters. The van der Waals surface area contributed by atoms with Crippen LogP contribution in [0.3, 0.4) is 0 Å². The molecule has 0 bridgehead atoms. The van der Waals surface area contributed by atoms with Gasteiger partial charge in [0.05, 0.1) is 17.8 Å². The summed E-state index contributed by atoms with van der Waals surface area (Å²) in [7, 11) is 0. The molecule has 172 valence electrons. The van der Waals surface area contributed by atoms with Crippen molar-refractivity contribution in [2.24, 2.45) is 5.73 Å². The normalized spacial score (nSPS) is 10.6. The minimum atomic E-state index is -0.565. The van der Waals surface area contributed by atoms with Crippen LogP contribution in [0.15, 0.2) is 85.1 Å². The average Bonchev–Trinajstić information content (AvgIpc) is 3.26. The second-order valence-electron chi connectivity index (χ2n) is 7.53. The van der Waals surface area contributed by atoms with Gasteiger partial charge in [0.2, 0.25) is 0 Å². The Balaban J connectivity index is 1.49. The number of nitrogens with two attached hydrogens (primary N) is 1. The minimum Gasteiger partial charge on any atom is -0.484 e. The number of benzene rings is 3. The number of para-hydroxylation sites is 1. The second kappa shape index (κ2) is 10.7. The van der Waals surface area contributed by atoms with E-state index in [4.69, 9.17) is 31.9 Å². The van der Waals surface area contributed by atoms with Crippen molar-refractivity contribution >= 4 is 23.5 Å². The molecule has 1 heterocycles. The van der Waals surface area contributed by atoms with Crippen LogP contribution in [0.2, 0.25) is 5.02 Å². The van der Waals surface area contributed by atoms with Gasteiger partial charge in [-0.15, -0.1) is 0 Å². The third-order valence-corrected chi connectivity index (χ3v) is 5.19. The number of carbonyl (C=O) groups is 2. The maximum absolute atomic E-state index is 12.7. The number of ether oxygens (including phenoxy) is 2. The summed E-state index contributed by atoms with van der Waals surface area (Å²) >= 11 is 6.04. The van der Waals surface area contributed by atoms with Gasteiger partial charge in [-0.25, -0.2) is 4.68 Å². The molecule has 0 aliphatic heterocycles. The number of esters is 1. The van der Waals surface area contributed by atoms with Crippen LogP contribution >= 0.6 is 11.6 Å². The highest BCUT2D eigenvalue weighted by molar-refractivity contribution is 6.30. The number of carbonyl (C=O) groups excluding carboxylic acids is 2. The zero-order valence-corrected chi connectivity index (χ0v) is 18.9. The maximum Gasteiger partial charge on any atom is 0.310 e. The van der Waals surface area contributed by atoms with E-state index < -0.39 is 11.9 Å². The zero-order valence-electron chi connectivity index (χ0n) is 18.2. The zero-order chi connectivity index (χ0) is 23.9. The van der Waals surface area contributed by atoms with E-state index in [1.54, 1.807) is 41.1 Å². The van der Waals surface area contributed by atoms with E-state index in [0.717, 1.165) is 22.4 Å². The summed E-state index contributed by atoms with van der Waals surface area (Å²) in [6.07, 6.45) is 1.88. The molecule has 0 aliphatic rings. The van der Waals surface area contributed by atoms with Crippen molar-refractivity contribution < 1.29 is 19.1 Å². The summed E-state index contributed by atoms with van der Waals surface area (Å²) < 4.78 is 12.5. The molecule has 0 aliphatic carbocycles. The van der Waals surface area contributed by atoms with Gasteiger partial charge in [-0.2, -0.15) is 5.10 Å². The van der Waals surface area contributed by atoms with Gasteiger partial charge in [-0.1, -0.05) is 54.1 Å². The third kappa shape index (κ3) is 6.02. The number of nitrogens with zero attached hydrogens (tertiary/aromatic N) is 2. The number of amides is 1. The minimum absolute atomic E-state index is 0.0443. The first kappa shape index (κ1) is 23.1. The molecule has 1 amide bonds. The van der Waals surface area contributed by atoms with Crippen molar-refractivity contribution in [1.82, 2.24) is 9.78 Å². The lowest BCUT2D eigenvalue weighted by Gasteiger charge is -2.08. The van der Waals surface area contributed by atoms with Crippen LogP contribution in [-0.2, 0) is 27.4 Å². The van der Waals surface area contributed by atoms with E-state index in [1.165, 1.54) is 0 Å². The number of primary amides is 1. The van der Waals surface area contributed by atoms with Gasteiger partial charge in [0.25, 0.3) is 5.91 Å². The fraction of sp³-hybridized carbons (Fsp3) is 0.115. The summed E-state index contributed by atoms with van der Waals surface area (Å²) in [5.74, 6) is -0.489. The van der Waals surface area contributed by atoms with Crippen molar-refractivity contribution in [2.75, 3.05) is 6.61 Å². The van der Waals surface area contributed by atoms with Crippen molar-refractivity contribution in [3.05, 3.63) is 101 Å². The lowest BCUT2D eigenvalue weighted by atomic mass is 10.1. The van der Waals surface area contributed by atoms with Crippen LogP contribution in [-0.4, -0.2) is 28.3 Å². The van der Waals surface area contributed by atoms with Gasteiger partial charge in [0.1, 0.15) is 12.4 Å². The number of rotatable bonds is 9. The molecule has 4 rings (SSSR count). The quantitative estimate of drug-likeness (QED) is 0.363. The predicted octanol–water partition coefficient (Wildman–Crippen LogP) is 4.34. The van der Waals surface area contributed by atoms with E-state index in [2.05, 4.69) is 0 Å². The molecule has 0 unspecified atom stereocenters. The van der Waals surface area contributed by atoms with Crippen molar-refractivity contribution in [1.29, 1.82) is 0 Å². The summed E-state index contributed by atoms with van der Waals surface area (Å²) in [4.78, 5) is 23.6. The van der Waals surface area contributed by atoms with Crippen LogP contribution in [0.4, 0.5) is 0 Å². The standard InChI is InChI=1S/C26H22ClN3O4/c27-21-11-9-19(10-12-21)26-20(15-30(29-26)22-6-2-1-3-7-22)14-25(32)34-16-18-5-4-8-23(13-18)33-17-24(28)31/h1-13,15H,14,16-17H2,(H2,28,31). The average molecular weight is 476 g/mol. The highest BCUT2D eigenvalue weighted by atomic mass is 35.5. The molecule has 8 heteroatoms. The Bertz CT molecular complexity index is 1290. The molecular formula is C26H22ClN3O4. The van der Waals surface area contributed by atoms with Crippen LogP contribution in [0, 0.1) is 0 Å². The summed E-state index contributed by atoms with van der Waals surface area (Å²) in [6.45, 7) is -0.155. The first-order valence-electron chi connectivity index (χ1n) is 10.5. The first-order valence-corrected chi connectivity index (χ1v) is 10.9. The number of hydrogen-bond donors (Lipinski definition) is 1. The molecule has 1 aromatic heterocycles. The Kier molecular flexibility index (Phi) is 7.25. The third-order valence-electron chi connectivity index (χ3n) is 4.94. The fourth-order valence-corrected chi connectivity index (χ4v) is 3.48. The number of aromatic nitrogens is 2. The van der Waals surface area contributed by atoms with E-state index in [-0.39, 0.29) is 19.6 Å². The summed E-state index contributed by atoms with van der Waals surface area (Å²) in [5, 5.41) is 5.33. The van der Waals surface area contributed by atoms with Crippen LogP contribution in [0.1, 0.15) is 11.1 Å². The molecule has 0 fully saturated rings. The largest absolute Gasteiger partial charge is 0.484 e. The molecule has 34 heavy (non-hydrogen) atoms. The van der Waals surface area contributed by atoms with Crippen molar-refractivity contribution in [2.45, 2.75) is 13.0 Å². The monoisotopic (exact) mass is 475 g/mol. The lowest BCUT2D eigenvalue weighted by Crippen LogP contribution is -2.20. The fourth-order valence-electron chi connectivity index (χ4n) is 3.35. The van der Waals surface area contributed by atoms with Crippen molar-refractivity contribution in [3.8, 4) is 22.7 Å². The topological polar surface area (TPSA) is 96.4 Å². The van der Waals surface area contributed by atoms with Crippen LogP contribution in [0.5, 0.6) is 5.75 Å². The molecule has 3 aromatic carbocycles. The van der Waals surface area contributed by atoms with Gasteiger partial charge in [0.15, 0.2) is 6.61 Å². The van der Waals surface area contributed by atoms with E-state index in [9.17, 15) is 9.59 Å². The molecular weight excluding hydrogens is 454 g/mol. The Morgan fingerprint density at radius 2 is 1.74 bits per heavy atom. The Labute approximate surface area is 201 Å². The summed E-state index contributed by atoms with van der Waals surface area (Å²) in [6, 6.07) is 23.9. The lowest BCUT2D eigenvalue weighted by molar-refractivity contribution is -0.144. The molecule has 0 saturated heterocycles. The highest BCUT2D eigenvalue weighted by Crippen LogP contribution is 2.26. The van der Waals surface area contributed by atoms with Gasteiger partial charge in [-0.05, 0) is 42.0 Å². The number of hydrogen-bond acceptors (Lipinski definition) is 5.